The van der Waals surface area contributed by atoms with Gasteiger partial charge in [0.1, 0.15) is 0 Å². The Hall–Kier alpha value is -1.43. The largest absolute Gasteiger partial charge is 0.394 e. The quantitative estimate of drug-likeness (QED) is 0.696. The van der Waals surface area contributed by atoms with E-state index in [1.54, 1.807) is 0 Å². The van der Waals surface area contributed by atoms with Crippen LogP contribution < -0.4 is 10.6 Å². The second-order valence-electron chi connectivity index (χ2n) is 4.19. The van der Waals surface area contributed by atoms with Crippen LogP contribution in [-0.2, 0) is 0 Å². The first-order valence-electron chi connectivity index (χ1n) is 6.26. The third kappa shape index (κ3) is 3.29. The van der Waals surface area contributed by atoms with Gasteiger partial charge in [-0.25, -0.2) is 9.37 Å². The van der Waals surface area contributed by atoms with Crippen molar-refractivity contribution in [1.82, 2.24) is 9.97 Å². The summed E-state index contributed by atoms with van der Waals surface area (Å²) in [6.45, 7) is 6.39. The van der Waals surface area contributed by atoms with Gasteiger partial charge in [0.15, 0.2) is 11.6 Å². The third-order valence-electron chi connectivity index (χ3n) is 3.12. The van der Waals surface area contributed by atoms with E-state index >= 15 is 0 Å². The first-order chi connectivity index (χ1) is 8.60. The lowest BCUT2D eigenvalue weighted by Crippen LogP contribution is -2.41. The van der Waals surface area contributed by atoms with Gasteiger partial charge in [0.05, 0.1) is 18.3 Å². The van der Waals surface area contributed by atoms with Gasteiger partial charge in [-0.3, -0.25) is 0 Å². The molecule has 0 aliphatic carbocycles. The highest BCUT2D eigenvalue weighted by atomic mass is 19.1. The molecule has 0 saturated heterocycles. The maximum Gasteiger partial charge on any atom is 0.224 e. The van der Waals surface area contributed by atoms with Crippen molar-refractivity contribution in [2.24, 2.45) is 0 Å². The van der Waals surface area contributed by atoms with E-state index in [1.165, 1.54) is 0 Å². The SMILES string of the molecule is CCNc1ncc(F)c(NC(CC)(CC)CO)n1. The summed E-state index contributed by atoms with van der Waals surface area (Å²) in [7, 11) is 0. The molecule has 0 saturated carbocycles. The Morgan fingerprint density at radius 3 is 2.50 bits per heavy atom. The molecule has 0 aliphatic rings. The summed E-state index contributed by atoms with van der Waals surface area (Å²) in [4.78, 5) is 7.91. The zero-order valence-corrected chi connectivity index (χ0v) is 11.1. The van der Waals surface area contributed by atoms with E-state index in [0.717, 1.165) is 6.20 Å². The molecule has 3 N–H and O–H groups in total. The predicted molar refractivity (Wildman–Crippen MR) is 70.2 cm³/mol. The summed E-state index contributed by atoms with van der Waals surface area (Å²) < 4.78 is 13.7. The van der Waals surface area contributed by atoms with E-state index in [1.807, 2.05) is 20.8 Å². The lowest BCUT2D eigenvalue weighted by Gasteiger charge is -2.31. The zero-order valence-electron chi connectivity index (χ0n) is 11.1. The molecular formula is C12H21FN4O. The molecule has 1 aromatic rings. The van der Waals surface area contributed by atoms with Crippen molar-refractivity contribution < 1.29 is 9.50 Å². The van der Waals surface area contributed by atoms with Crippen LogP contribution in [0.25, 0.3) is 0 Å². The molecule has 0 aromatic carbocycles. The van der Waals surface area contributed by atoms with Crippen LogP contribution in [0, 0.1) is 5.82 Å². The molecule has 0 radical (unpaired) electrons. The lowest BCUT2D eigenvalue weighted by molar-refractivity contribution is 0.201. The molecule has 1 rings (SSSR count). The predicted octanol–water partition coefficient (Wildman–Crippen LogP) is 2.01. The molecule has 0 unspecified atom stereocenters. The van der Waals surface area contributed by atoms with E-state index < -0.39 is 11.4 Å². The number of hydrogen-bond donors (Lipinski definition) is 3. The molecule has 0 bridgehead atoms. The Balaban J connectivity index is 2.97. The lowest BCUT2D eigenvalue weighted by atomic mass is 9.94. The molecule has 0 fully saturated rings. The van der Waals surface area contributed by atoms with Gasteiger partial charge in [0, 0.05) is 6.54 Å². The van der Waals surface area contributed by atoms with E-state index in [0.29, 0.717) is 25.3 Å². The number of nitrogens with zero attached hydrogens (tertiary/aromatic N) is 2. The Labute approximate surface area is 107 Å². The van der Waals surface area contributed by atoms with Crippen LogP contribution in [0.3, 0.4) is 0 Å². The summed E-state index contributed by atoms with van der Waals surface area (Å²) in [5.74, 6) is -0.0180. The molecule has 0 spiro atoms. The average molecular weight is 256 g/mol. The van der Waals surface area contributed by atoms with Crippen LogP contribution in [-0.4, -0.2) is 33.8 Å². The monoisotopic (exact) mass is 256 g/mol. The van der Waals surface area contributed by atoms with Crippen LogP contribution >= 0.6 is 0 Å². The van der Waals surface area contributed by atoms with Crippen LogP contribution in [0.1, 0.15) is 33.6 Å². The molecule has 0 amide bonds. The van der Waals surface area contributed by atoms with Gasteiger partial charge in [-0.15, -0.1) is 0 Å². The highest BCUT2D eigenvalue weighted by Gasteiger charge is 2.26. The molecule has 18 heavy (non-hydrogen) atoms. The maximum atomic E-state index is 13.7. The Morgan fingerprint density at radius 2 is 2.00 bits per heavy atom. The number of hydrogen-bond acceptors (Lipinski definition) is 5. The molecule has 1 heterocycles. The van der Waals surface area contributed by atoms with E-state index in [-0.39, 0.29) is 12.4 Å². The van der Waals surface area contributed by atoms with Crippen molar-refractivity contribution in [2.45, 2.75) is 39.2 Å². The molecule has 102 valence electrons. The number of aromatic nitrogens is 2. The van der Waals surface area contributed by atoms with E-state index in [4.69, 9.17) is 0 Å². The third-order valence-corrected chi connectivity index (χ3v) is 3.12. The van der Waals surface area contributed by atoms with Crippen molar-refractivity contribution in [2.75, 3.05) is 23.8 Å². The second kappa shape index (κ2) is 6.49. The summed E-state index contributed by atoms with van der Waals surface area (Å²) in [6, 6.07) is 0. The molecule has 0 atom stereocenters. The number of rotatable bonds is 7. The van der Waals surface area contributed by atoms with Crippen LogP contribution in [0.2, 0.25) is 0 Å². The fourth-order valence-electron chi connectivity index (χ4n) is 1.64. The van der Waals surface area contributed by atoms with Crippen LogP contribution in [0.4, 0.5) is 16.2 Å². The minimum Gasteiger partial charge on any atom is -0.394 e. The van der Waals surface area contributed by atoms with Crippen LogP contribution in [0.5, 0.6) is 0 Å². The molecule has 5 nitrogen and oxygen atoms in total. The van der Waals surface area contributed by atoms with Crippen molar-refractivity contribution in [3.8, 4) is 0 Å². The van der Waals surface area contributed by atoms with Crippen molar-refractivity contribution in [1.29, 1.82) is 0 Å². The van der Waals surface area contributed by atoms with Gasteiger partial charge in [-0.2, -0.15) is 4.98 Å². The number of halogens is 1. The Morgan fingerprint density at radius 1 is 1.33 bits per heavy atom. The molecule has 1 aromatic heterocycles. The summed E-state index contributed by atoms with van der Waals surface area (Å²) in [5, 5.41) is 15.4. The number of nitrogens with one attached hydrogen (secondary N) is 2. The number of aliphatic hydroxyl groups excluding tert-OH is 1. The fraction of sp³-hybridized carbons (Fsp3) is 0.667. The standard InChI is InChI=1S/C12H21FN4O/c1-4-12(5-2,8-18)17-10-9(13)7-15-11(16-10)14-6-3/h7,18H,4-6,8H2,1-3H3,(H2,14,15,16,17). The fourth-order valence-corrected chi connectivity index (χ4v) is 1.64. The minimum atomic E-state index is -0.543. The number of anilines is 2. The normalized spacial score (nSPS) is 11.4. The molecular weight excluding hydrogens is 235 g/mol. The first kappa shape index (κ1) is 14.6. The smallest absolute Gasteiger partial charge is 0.224 e. The molecule has 6 heteroatoms. The number of aliphatic hydroxyl groups is 1. The van der Waals surface area contributed by atoms with E-state index in [2.05, 4.69) is 20.6 Å². The van der Waals surface area contributed by atoms with Gasteiger partial charge < -0.3 is 15.7 Å². The summed E-state index contributed by atoms with van der Waals surface area (Å²) in [5.41, 5.74) is -0.543. The van der Waals surface area contributed by atoms with Gasteiger partial charge in [-0.05, 0) is 19.8 Å². The summed E-state index contributed by atoms with van der Waals surface area (Å²) >= 11 is 0. The Bertz CT molecular complexity index is 374. The van der Waals surface area contributed by atoms with Crippen LogP contribution in [0.15, 0.2) is 6.20 Å². The second-order valence-corrected chi connectivity index (χ2v) is 4.19. The average Bonchev–Trinajstić information content (AvgIpc) is 2.40. The maximum absolute atomic E-state index is 13.7. The highest BCUT2D eigenvalue weighted by Crippen LogP contribution is 2.22. The van der Waals surface area contributed by atoms with Crippen molar-refractivity contribution in [3.63, 3.8) is 0 Å². The minimum absolute atomic E-state index is 0.0695. The van der Waals surface area contributed by atoms with Gasteiger partial charge in [0.25, 0.3) is 0 Å². The summed E-state index contributed by atoms with van der Waals surface area (Å²) in [6.07, 6.45) is 2.49. The van der Waals surface area contributed by atoms with Crippen molar-refractivity contribution >= 4 is 11.8 Å². The van der Waals surface area contributed by atoms with Gasteiger partial charge in [-0.1, -0.05) is 13.8 Å². The molecule has 0 aliphatic heterocycles. The van der Waals surface area contributed by atoms with Gasteiger partial charge >= 0.3 is 0 Å². The first-order valence-corrected chi connectivity index (χ1v) is 6.26. The topological polar surface area (TPSA) is 70.1 Å². The highest BCUT2D eigenvalue weighted by molar-refractivity contribution is 5.43. The zero-order chi connectivity index (χ0) is 13.6. The van der Waals surface area contributed by atoms with Crippen molar-refractivity contribution in [3.05, 3.63) is 12.0 Å². The Kier molecular flexibility index (Phi) is 5.27. The van der Waals surface area contributed by atoms with Gasteiger partial charge in [0.2, 0.25) is 5.95 Å². The van der Waals surface area contributed by atoms with E-state index in [9.17, 15) is 9.50 Å².